The molecule has 4 aliphatic carbocycles. The molecule has 3 fully saturated rings. The first kappa shape index (κ1) is 33.4. The van der Waals surface area contributed by atoms with Crippen molar-refractivity contribution in [2.24, 2.45) is 34.5 Å². The third kappa shape index (κ3) is 7.05. The Morgan fingerprint density at radius 3 is 2.57 bits per heavy atom. The lowest BCUT2D eigenvalue weighted by Gasteiger charge is -2.58. The molecule has 246 valence electrons. The molecule has 0 aromatic rings. The second kappa shape index (κ2) is 14.2. The molecule has 5 aliphatic rings. The Balaban J connectivity index is 1.21. The van der Waals surface area contributed by atoms with Gasteiger partial charge in [0.15, 0.2) is 6.29 Å². The number of carbonyl (C=O) groups is 2. The van der Waals surface area contributed by atoms with Crippen molar-refractivity contribution in [3.63, 3.8) is 0 Å². The second-order valence-electron chi connectivity index (χ2n) is 14.6. The van der Waals surface area contributed by atoms with Crippen LogP contribution in [-0.2, 0) is 33.3 Å². The highest BCUT2D eigenvalue weighted by atomic mass is 16.7. The highest BCUT2D eigenvalue weighted by Crippen LogP contribution is 2.67. The van der Waals surface area contributed by atoms with E-state index in [2.05, 4.69) is 39.8 Å². The Labute approximate surface area is 265 Å². The van der Waals surface area contributed by atoms with Gasteiger partial charge in [0, 0.05) is 20.5 Å². The summed E-state index contributed by atoms with van der Waals surface area (Å²) in [6.45, 7) is 14.1. The summed E-state index contributed by atoms with van der Waals surface area (Å²) in [5, 5.41) is 0. The van der Waals surface area contributed by atoms with E-state index in [9.17, 15) is 9.59 Å². The maximum Gasteiger partial charge on any atom is 0.303 e. The molecule has 1 aliphatic heterocycles. The van der Waals surface area contributed by atoms with Crippen LogP contribution in [0, 0.1) is 34.5 Å². The average molecular weight is 613 g/mol. The van der Waals surface area contributed by atoms with Crippen molar-refractivity contribution in [3.05, 3.63) is 35.5 Å². The predicted octanol–water partition coefficient (Wildman–Crippen LogP) is 7.49. The molecule has 0 bridgehead atoms. The van der Waals surface area contributed by atoms with Gasteiger partial charge in [0.25, 0.3) is 0 Å². The summed E-state index contributed by atoms with van der Waals surface area (Å²) in [5.74, 6) is 2.23. The Morgan fingerprint density at radius 1 is 1.00 bits per heavy atom. The quantitative estimate of drug-likeness (QED) is 0.136. The molecule has 1 heterocycles. The summed E-state index contributed by atoms with van der Waals surface area (Å²) in [4.78, 5) is 23.0. The summed E-state index contributed by atoms with van der Waals surface area (Å²) in [5.41, 5.74) is 3.82. The van der Waals surface area contributed by atoms with Crippen molar-refractivity contribution in [3.8, 4) is 0 Å². The molecule has 5 rings (SSSR count). The molecule has 10 atom stereocenters. The number of hydrogen-bond acceptors (Lipinski definition) is 7. The number of allylic oxidation sites excluding steroid dienone is 2. The van der Waals surface area contributed by atoms with Gasteiger partial charge in [-0.1, -0.05) is 44.1 Å². The Morgan fingerprint density at radius 2 is 1.82 bits per heavy atom. The van der Waals surface area contributed by atoms with Gasteiger partial charge >= 0.3 is 11.9 Å². The molecule has 3 saturated carbocycles. The van der Waals surface area contributed by atoms with Crippen LogP contribution in [0.3, 0.4) is 0 Å². The number of rotatable bonds is 11. The van der Waals surface area contributed by atoms with Crippen LogP contribution in [0.2, 0.25) is 0 Å². The molecule has 0 saturated heterocycles. The lowest BCUT2D eigenvalue weighted by atomic mass is 9.47. The van der Waals surface area contributed by atoms with Crippen molar-refractivity contribution < 1.29 is 33.3 Å². The van der Waals surface area contributed by atoms with E-state index in [1.807, 2.05) is 6.08 Å². The minimum atomic E-state index is -0.606. The van der Waals surface area contributed by atoms with Crippen LogP contribution in [0.4, 0.5) is 0 Å². The van der Waals surface area contributed by atoms with Gasteiger partial charge in [0.05, 0.1) is 12.7 Å². The van der Waals surface area contributed by atoms with Gasteiger partial charge in [-0.15, -0.1) is 0 Å². The molecule has 0 amide bonds. The van der Waals surface area contributed by atoms with Gasteiger partial charge in [-0.25, -0.2) is 0 Å². The monoisotopic (exact) mass is 612 g/mol. The van der Waals surface area contributed by atoms with E-state index in [1.54, 1.807) is 17.2 Å². The fourth-order valence-electron chi connectivity index (χ4n) is 9.78. The summed E-state index contributed by atoms with van der Waals surface area (Å²) < 4.78 is 28.9. The molecular weight excluding hydrogens is 556 g/mol. The molecule has 7 heteroatoms. The highest BCUT2D eigenvalue weighted by molar-refractivity contribution is 5.66. The Bertz CT molecular complexity index is 1120. The third-order valence-corrected chi connectivity index (χ3v) is 11.9. The number of esters is 2. The lowest BCUT2D eigenvalue weighted by Crippen LogP contribution is -2.51. The fourth-order valence-corrected chi connectivity index (χ4v) is 9.78. The van der Waals surface area contributed by atoms with Crippen LogP contribution in [0.25, 0.3) is 0 Å². The van der Waals surface area contributed by atoms with Gasteiger partial charge < -0.3 is 23.7 Å². The van der Waals surface area contributed by atoms with Gasteiger partial charge in [-0.3, -0.25) is 9.59 Å². The predicted molar refractivity (Wildman–Crippen MR) is 170 cm³/mol. The largest absolute Gasteiger partial charge is 0.463 e. The van der Waals surface area contributed by atoms with Crippen LogP contribution >= 0.6 is 0 Å². The maximum atomic E-state index is 11.6. The zero-order valence-corrected chi connectivity index (χ0v) is 28.0. The second-order valence-corrected chi connectivity index (χ2v) is 14.6. The summed E-state index contributed by atoms with van der Waals surface area (Å²) in [7, 11) is 0. The van der Waals surface area contributed by atoms with Gasteiger partial charge in [0.1, 0.15) is 18.8 Å². The van der Waals surface area contributed by atoms with Gasteiger partial charge in [0.2, 0.25) is 0 Å². The number of ether oxygens (including phenoxy) is 5. The molecule has 0 spiro atoms. The van der Waals surface area contributed by atoms with E-state index >= 15 is 0 Å². The van der Waals surface area contributed by atoms with Crippen molar-refractivity contribution >= 4 is 11.9 Å². The standard InChI is InChI=1S/C37H56O7/c1-7-20-40-21-8-9-24(2)30-12-13-31-29-11-10-27-22-28(16-18-36(27,5)32(29)17-19-37(30,31)6)43-35-15-14-33(42-26(4)39)34(44-35)23-41-25(3)38/h9-10,14-15,28-35H,7-8,11-13,16-23H2,1-6H3/b24-9+/t28-,29-,30+,31-,32-,33-,34+,35?,36-,37+/m0/s1. The lowest BCUT2D eigenvalue weighted by molar-refractivity contribution is -0.213. The normalized spacial score (nSPS) is 40.0. The molecular formula is C37H56O7. The Hall–Kier alpha value is -1.96. The maximum absolute atomic E-state index is 11.6. The number of hydrogen-bond donors (Lipinski definition) is 0. The van der Waals surface area contributed by atoms with Crippen molar-refractivity contribution in [1.29, 1.82) is 0 Å². The SMILES string of the molecule is CCCOCC/C=C(\C)[C@H]1CC[C@H]2[C@@H]3CC=C4C[C@@H](OC5C=C[C@H](OC(C)=O)[C@@H](COC(C)=O)O5)CC[C@]4(C)[C@H]3CC[C@]12C. The molecule has 0 radical (unpaired) electrons. The summed E-state index contributed by atoms with van der Waals surface area (Å²) in [6.07, 6.45) is 18.7. The van der Waals surface area contributed by atoms with Crippen molar-refractivity contribution in [2.75, 3.05) is 19.8 Å². The van der Waals surface area contributed by atoms with E-state index in [4.69, 9.17) is 23.7 Å². The smallest absolute Gasteiger partial charge is 0.303 e. The summed E-state index contributed by atoms with van der Waals surface area (Å²) in [6, 6.07) is 0. The van der Waals surface area contributed by atoms with Crippen molar-refractivity contribution in [2.45, 2.75) is 130 Å². The van der Waals surface area contributed by atoms with E-state index < -0.39 is 30.4 Å². The molecule has 1 unspecified atom stereocenters. The van der Waals surface area contributed by atoms with E-state index in [1.165, 1.54) is 46.0 Å². The van der Waals surface area contributed by atoms with E-state index in [-0.39, 0.29) is 18.1 Å². The van der Waals surface area contributed by atoms with Crippen LogP contribution in [0.1, 0.15) is 106 Å². The van der Waals surface area contributed by atoms with Crippen LogP contribution < -0.4 is 0 Å². The van der Waals surface area contributed by atoms with Crippen LogP contribution in [0.5, 0.6) is 0 Å². The number of fused-ring (bicyclic) bond motifs is 5. The third-order valence-electron chi connectivity index (χ3n) is 11.9. The fraction of sp³-hybridized carbons (Fsp3) is 0.784. The van der Waals surface area contributed by atoms with Crippen molar-refractivity contribution in [1.82, 2.24) is 0 Å². The van der Waals surface area contributed by atoms with Crippen LogP contribution in [-0.4, -0.2) is 56.4 Å². The summed E-state index contributed by atoms with van der Waals surface area (Å²) >= 11 is 0. The molecule has 7 nitrogen and oxygen atoms in total. The van der Waals surface area contributed by atoms with Gasteiger partial charge in [-0.2, -0.15) is 0 Å². The minimum absolute atomic E-state index is 0.0120. The zero-order valence-electron chi connectivity index (χ0n) is 28.0. The van der Waals surface area contributed by atoms with Crippen LogP contribution in [0.15, 0.2) is 35.5 Å². The van der Waals surface area contributed by atoms with Gasteiger partial charge in [-0.05, 0) is 118 Å². The van der Waals surface area contributed by atoms with E-state index in [0.717, 1.165) is 63.1 Å². The minimum Gasteiger partial charge on any atom is -0.463 e. The first-order valence-electron chi connectivity index (χ1n) is 17.3. The topological polar surface area (TPSA) is 80.3 Å². The first-order chi connectivity index (χ1) is 21.0. The molecule has 44 heavy (non-hydrogen) atoms. The zero-order chi connectivity index (χ0) is 31.5. The Kier molecular flexibility index (Phi) is 10.8. The highest BCUT2D eigenvalue weighted by Gasteiger charge is 2.58. The average Bonchev–Trinajstić information content (AvgIpc) is 3.34. The van der Waals surface area contributed by atoms with E-state index in [0.29, 0.717) is 11.3 Å². The first-order valence-corrected chi connectivity index (χ1v) is 17.3. The molecule has 0 N–H and O–H groups in total. The molecule has 0 aromatic carbocycles. The molecule has 0 aromatic heterocycles. The number of carbonyl (C=O) groups excluding carboxylic acids is 2.